The maximum Gasteiger partial charge on any atom is 0.260 e. The van der Waals surface area contributed by atoms with Gasteiger partial charge >= 0.3 is 0 Å². The Bertz CT molecular complexity index is 1000. The molecule has 0 saturated carbocycles. The molecule has 2 aromatic heterocycles. The van der Waals surface area contributed by atoms with Crippen LogP contribution in [0.2, 0.25) is 0 Å². The first-order valence-corrected chi connectivity index (χ1v) is 10.6. The van der Waals surface area contributed by atoms with Crippen LogP contribution in [0.1, 0.15) is 48.5 Å². The second-order valence-electron chi connectivity index (χ2n) is 6.32. The van der Waals surface area contributed by atoms with Gasteiger partial charge in [0.25, 0.3) is 10.0 Å². The lowest BCUT2D eigenvalue weighted by Crippen LogP contribution is -2.25. The fraction of sp³-hybridized carbons (Fsp3) is 0.412. The molecule has 0 aliphatic rings. The fourth-order valence-electron chi connectivity index (χ4n) is 2.59. The van der Waals surface area contributed by atoms with Crippen molar-refractivity contribution in [2.75, 3.05) is 0 Å². The summed E-state index contributed by atoms with van der Waals surface area (Å²) in [6, 6.07) is 7.77. The second kappa shape index (κ2) is 6.86. The predicted octanol–water partition coefficient (Wildman–Crippen LogP) is 3.26. The van der Waals surface area contributed by atoms with E-state index in [1.165, 1.54) is 15.9 Å². The van der Waals surface area contributed by atoms with Gasteiger partial charge in [0.05, 0.1) is 5.69 Å². The lowest BCUT2D eigenvalue weighted by atomic mass is 10.1. The van der Waals surface area contributed by atoms with Crippen LogP contribution in [0.4, 0.5) is 0 Å². The number of hydrogen-bond acceptors (Lipinski definition) is 5. The first-order chi connectivity index (χ1) is 11.8. The van der Waals surface area contributed by atoms with Gasteiger partial charge < -0.3 is 0 Å². The van der Waals surface area contributed by atoms with E-state index in [1.807, 2.05) is 52.0 Å². The lowest BCUT2D eigenvalue weighted by Gasteiger charge is -2.08. The molecule has 0 atom stereocenters. The van der Waals surface area contributed by atoms with Gasteiger partial charge in [-0.1, -0.05) is 61.9 Å². The van der Waals surface area contributed by atoms with Crippen LogP contribution >= 0.6 is 11.3 Å². The molecule has 0 spiro atoms. The fourth-order valence-corrected chi connectivity index (χ4v) is 4.91. The summed E-state index contributed by atoms with van der Waals surface area (Å²) in [6.07, 6.45) is 0.535. The molecular weight excluding hydrogens is 356 g/mol. The molecule has 0 fully saturated rings. The number of nitrogens with one attached hydrogen (secondary N) is 1. The topological polar surface area (TPSA) is 76.4 Å². The number of nitrogens with zero attached hydrogens (tertiary/aromatic N) is 3. The molecule has 0 radical (unpaired) electrons. The van der Waals surface area contributed by atoms with Crippen molar-refractivity contribution in [3.05, 3.63) is 46.1 Å². The second-order valence-corrected chi connectivity index (χ2v) is 8.99. The van der Waals surface area contributed by atoms with Gasteiger partial charge in [-0.25, -0.2) is 18.1 Å². The molecule has 8 heteroatoms. The monoisotopic (exact) mass is 378 g/mol. The van der Waals surface area contributed by atoms with Crippen LogP contribution in [-0.2, 0) is 23.0 Å². The summed E-state index contributed by atoms with van der Waals surface area (Å²) in [5.41, 5.74) is 2.56. The quantitative estimate of drug-likeness (QED) is 0.714. The molecule has 25 heavy (non-hydrogen) atoms. The van der Waals surface area contributed by atoms with Gasteiger partial charge in [0, 0.05) is 12.5 Å². The smallest absolute Gasteiger partial charge is 0.221 e. The number of fused-ring (bicyclic) bond motifs is 1. The molecule has 134 valence electrons. The molecule has 0 aliphatic heterocycles. The minimum absolute atomic E-state index is 0.154. The predicted molar refractivity (Wildman–Crippen MR) is 99.5 cm³/mol. The molecule has 3 aromatic rings. The Kier molecular flexibility index (Phi) is 4.95. The molecule has 1 N–H and O–H groups in total. The molecular formula is C17H22N4O2S2. The van der Waals surface area contributed by atoms with Crippen molar-refractivity contribution < 1.29 is 8.42 Å². The van der Waals surface area contributed by atoms with Crippen LogP contribution in [0, 0.1) is 6.92 Å². The van der Waals surface area contributed by atoms with Gasteiger partial charge in [0.1, 0.15) is 5.01 Å². The maximum atomic E-state index is 12.9. The normalized spacial score (nSPS) is 12.4. The van der Waals surface area contributed by atoms with Crippen LogP contribution in [0.5, 0.6) is 0 Å². The standard InChI is InChI=1S/C17H22N4O2S2/c1-5-14-16(21-17(19-14)24-15(20-21)11(2)3)25(22,23)18-10-13-8-6-7-12(4)9-13/h6-9,11,18H,5,10H2,1-4H3. The molecule has 0 saturated heterocycles. The van der Waals surface area contributed by atoms with E-state index < -0.39 is 10.0 Å². The van der Waals surface area contributed by atoms with Crippen LogP contribution in [0.3, 0.4) is 0 Å². The lowest BCUT2D eigenvalue weighted by molar-refractivity contribution is 0.570. The van der Waals surface area contributed by atoms with E-state index in [9.17, 15) is 8.42 Å². The van der Waals surface area contributed by atoms with Gasteiger partial charge in [0.15, 0.2) is 5.03 Å². The molecule has 0 bridgehead atoms. The van der Waals surface area contributed by atoms with Gasteiger partial charge in [-0.3, -0.25) is 0 Å². The highest BCUT2D eigenvalue weighted by Gasteiger charge is 2.27. The zero-order valence-corrected chi connectivity index (χ0v) is 16.4. The van der Waals surface area contributed by atoms with Gasteiger partial charge in [-0.05, 0) is 18.9 Å². The minimum Gasteiger partial charge on any atom is -0.221 e. The SMILES string of the molecule is CCc1nc2sc(C(C)C)nn2c1S(=O)(=O)NCc1cccc(C)c1. The number of hydrogen-bond donors (Lipinski definition) is 1. The number of rotatable bonds is 6. The molecule has 3 rings (SSSR count). The summed E-state index contributed by atoms with van der Waals surface area (Å²) < 4.78 is 30.0. The first-order valence-electron chi connectivity index (χ1n) is 8.25. The summed E-state index contributed by atoms with van der Waals surface area (Å²) in [5, 5.41) is 5.50. The number of sulfonamides is 1. The summed E-state index contributed by atoms with van der Waals surface area (Å²) in [7, 11) is -3.72. The molecule has 0 amide bonds. The van der Waals surface area contributed by atoms with Gasteiger partial charge in [-0.15, -0.1) is 0 Å². The average Bonchev–Trinajstić information content (AvgIpc) is 3.10. The Morgan fingerprint density at radius 1 is 1.32 bits per heavy atom. The highest BCUT2D eigenvalue weighted by molar-refractivity contribution is 7.89. The van der Waals surface area contributed by atoms with Crippen molar-refractivity contribution in [2.45, 2.75) is 51.6 Å². The van der Waals surface area contributed by atoms with Crippen LogP contribution in [0.25, 0.3) is 4.96 Å². The largest absolute Gasteiger partial charge is 0.260 e. The third-order valence-electron chi connectivity index (χ3n) is 3.88. The van der Waals surface area contributed by atoms with Gasteiger partial charge in [-0.2, -0.15) is 9.61 Å². The van der Waals surface area contributed by atoms with Crippen LogP contribution < -0.4 is 4.72 Å². The van der Waals surface area contributed by atoms with Crippen molar-refractivity contribution in [2.24, 2.45) is 0 Å². The molecule has 0 aliphatic carbocycles. The van der Waals surface area contributed by atoms with Crippen molar-refractivity contribution in [1.29, 1.82) is 0 Å². The first kappa shape index (κ1) is 18.0. The Morgan fingerprint density at radius 3 is 2.72 bits per heavy atom. The summed E-state index contributed by atoms with van der Waals surface area (Å²) in [5.74, 6) is 0.229. The van der Waals surface area contributed by atoms with E-state index in [0.717, 1.165) is 16.1 Å². The number of aryl methyl sites for hydroxylation is 2. The van der Waals surface area contributed by atoms with Crippen molar-refractivity contribution >= 4 is 26.3 Å². The number of benzene rings is 1. The van der Waals surface area contributed by atoms with E-state index in [2.05, 4.69) is 14.8 Å². The zero-order valence-electron chi connectivity index (χ0n) is 14.8. The highest BCUT2D eigenvalue weighted by atomic mass is 32.2. The Morgan fingerprint density at radius 2 is 2.08 bits per heavy atom. The zero-order chi connectivity index (χ0) is 18.2. The molecule has 0 unspecified atom stereocenters. The number of imidazole rings is 1. The highest BCUT2D eigenvalue weighted by Crippen LogP contribution is 2.26. The van der Waals surface area contributed by atoms with E-state index in [4.69, 9.17) is 0 Å². The van der Waals surface area contributed by atoms with Crippen molar-refractivity contribution in [1.82, 2.24) is 19.3 Å². The van der Waals surface area contributed by atoms with E-state index in [-0.39, 0.29) is 17.5 Å². The van der Waals surface area contributed by atoms with Crippen LogP contribution in [0.15, 0.2) is 29.3 Å². The van der Waals surface area contributed by atoms with Gasteiger partial charge in [0.2, 0.25) is 4.96 Å². The summed E-state index contributed by atoms with van der Waals surface area (Å²) in [4.78, 5) is 5.09. The third-order valence-corrected chi connectivity index (χ3v) is 6.53. The molecule has 2 heterocycles. The molecule has 1 aromatic carbocycles. The third kappa shape index (κ3) is 3.61. The Labute approximate surface area is 152 Å². The Balaban J connectivity index is 1.97. The number of aromatic nitrogens is 3. The van der Waals surface area contributed by atoms with E-state index in [1.54, 1.807) is 0 Å². The van der Waals surface area contributed by atoms with Crippen molar-refractivity contribution in [3.8, 4) is 0 Å². The maximum absolute atomic E-state index is 12.9. The summed E-state index contributed by atoms with van der Waals surface area (Å²) in [6.45, 7) is 8.18. The van der Waals surface area contributed by atoms with Crippen LogP contribution in [-0.4, -0.2) is 23.0 Å². The summed E-state index contributed by atoms with van der Waals surface area (Å²) >= 11 is 1.44. The molecule has 6 nitrogen and oxygen atoms in total. The van der Waals surface area contributed by atoms with Crippen molar-refractivity contribution in [3.63, 3.8) is 0 Å². The van der Waals surface area contributed by atoms with E-state index in [0.29, 0.717) is 17.1 Å². The average molecular weight is 379 g/mol. The minimum atomic E-state index is -3.72. The van der Waals surface area contributed by atoms with E-state index >= 15 is 0 Å². The Hall–Kier alpha value is -1.77.